The smallest absolute Gasteiger partial charge is 0.188 e. The van der Waals surface area contributed by atoms with Gasteiger partial charge in [-0.1, -0.05) is 37.9 Å². The van der Waals surface area contributed by atoms with Crippen molar-refractivity contribution in [3.05, 3.63) is 17.0 Å². The zero-order valence-electron chi connectivity index (χ0n) is 12.8. The van der Waals surface area contributed by atoms with Gasteiger partial charge in [0.15, 0.2) is 5.16 Å². The quantitative estimate of drug-likeness (QED) is 0.426. The van der Waals surface area contributed by atoms with Crippen molar-refractivity contribution in [1.82, 2.24) is 15.3 Å². The average molecular weight is 281 g/mol. The Bertz CT molecular complexity index is 357. The van der Waals surface area contributed by atoms with E-state index in [-0.39, 0.29) is 0 Å². The van der Waals surface area contributed by atoms with Crippen LogP contribution in [-0.2, 0) is 0 Å². The van der Waals surface area contributed by atoms with Crippen molar-refractivity contribution >= 4 is 11.8 Å². The highest BCUT2D eigenvalue weighted by molar-refractivity contribution is 7.99. The molecular weight excluding hydrogens is 254 g/mol. The first-order chi connectivity index (χ1) is 9.15. The number of nitrogens with one attached hydrogen (secondary N) is 1. The topological polar surface area (TPSA) is 37.8 Å². The minimum absolute atomic E-state index is 0.911. The maximum atomic E-state index is 4.52. The number of thioether (sulfide) groups is 1. The first kappa shape index (κ1) is 16.4. The molecule has 0 bridgehead atoms. The van der Waals surface area contributed by atoms with E-state index in [1.165, 1.54) is 31.2 Å². The molecule has 19 heavy (non-hydrogen) atoms. The van der Waals surface area contributed by atoms with Gasteiger partial charge in [0, 0.05) is 23.7 Å². The first-order valence-corrected chi connectivity index (χ1v) is 8.29. The zero-order chi connectivity index (χ0) is 14.1. The largest absolute Gasteiger partial charge is 0.316 e. The number of aryl methyl sites for hydroxylation is 2. The molecule has 0 atom stereocenters. The second-order valence-electron chi connectivity index (χ2n) is 4.96. The summed E-state index contributed by atoms with van der Waals surface area (Å²) in [5.74, 6) is 1.04. The molecule has 1 heterocycles. The third-order valence-corrected chi connectivity index (χ3v) is 4.18. The molecule has 0 unspecified atom stereocenters. The van der Waals surface area contributed by atoms with Gasteiger partial charge in [-0.2, -0.15) is 0 Å². The molecule has 1 rings (SSSR count). The van der Waals surface area contributed by atoms with E-state index in [9.17, 15) is 0 Å². The van der Waals surface area contributed by atoms with Gasteiger partial charge in [-0.3, -0.25) is 0 Å². The third kappa shape index (κ3) is 6.39. The molecule has 1 aromatic heterocycles. The van der Waals surface area contributed by atoms with E-state index in [4.69, 9.17) is 0 Å². The van der Waals surface area contributed by atoms with Crippen molar-refractivity contribution in [3.8, 4) is 0 Å². The summed E-state index contributed by atoms with van der Waals surface area (Å²) in [6, 6.07) is 0. The standard InChI is InChI=1S/C15H27N3S/c1-5-6-7-8-9-16-10-11-19-15-17-13(3)12(2)14(4)18-15/h16H,5-11H2,1-4H3. The van der Waals surface area contributed by atoms with Crippen molar-refractivity contribution in [1.29, 1.82) is 0 Å². The molecule has 0 aliphatic heterocycles. The van der Waals surface area contributed by atoms with Crippen LogP contribution in [0, 0.1) is 20.8 Å². The molecule has 0 aliphatic rings. The Morgan fingerprint density at radius 2 is 1.63 bits per heavy atom. The molecule has 0 saturated carbocycles. The highest BCUT2D eigenvalue weighted by Gasteiger charge is 2.04. The predicted molar refractivity (Wildman–Crippen MR) is 84.0 cm³/mol. The van der Waals surface area contributed by atoms with E-state index in [0.29, 0.717) is 0 Å². The van der Waals surface area contributed by atoms with Crippen LogP contribution in [0.3, 0.4) is 0 Å². The summed E-state index contributed by atoms with van der Waals surface area (Å²) in [5.41, 5.74) is 3.41. The van der Waals surface area contributed by atoms with Crippen molar-refractivity contribution in [2.24, 2.45) is 0 Å². The Morgan fingerprint density at radius 3 is 2.26 bits per heavy atom. The Balaban J connectivity index is 2.16. The summed E-state index contributed by atoms with van der Waals surface area (Å²) in [7, 11) is 0. The monoisotopic (exact) mass is 281 g/mol. The molecule has 1 N–H and O–H groups in total. The van der Waals surface area contributed by atoms with Crippen LogP contribution >= 0.6 is 11.8 Å². The summed E-state index contributed by atoms with van der Waals surface area (Å²) >= 11 is 1.74. The summed E-state index contributed by atoms with van der Waals surface area (Å²) in [6.07, 6.45) is 5.29. The van der Waals surface area contributed by atoms with Gasteiger partial charge in [0.2, 0.25) is 0 Å². The van der Waals surface area contributed by atoms with Gasteiger partial charge >= 0.3 is 0 Å². The molecule has 0 fully saturated rings. The predicted octanol–water partition coefficient (Wildman–Crippen LogP) is 3.66. The van der Waals surface area contributed by atoms with Crippen LogP contribution < -0.4 is 5.32 Å². The number of rotatable bonds is 9. The molecule has 0 spiro atoms. The Hall–Kier alpha value is -0.610. The second-order valence-corrected chi connectivity index (χ2v) is 6.02. The number of aromatic nitrogens is 2. The lowest BCUT2D eigenvalue weighted by atomic mass is 10.2. The van der Waals surface area contributed by atoms with E-state index in [0.717, 1.165) is 35.4 Å². The lowest BCUT2D eigenvalue weighted by molar-refractivity contribution is 0.612. The van der Waals surface area contributed by atoms with E-state index < -0.39 is 0 Å². The average Bonchev–Trinajstić information content (AvgIpc) is 2.39. The van der Waals surface area contributed by atoms with Crippen LogP contribution in [0.15, 0.2) is 5.16 Å². The molecule has 1 aromatic rings. The summed E-state index contributed by atoms with van der Waals surface area (Å²) in [6.45, 7) is 10.6. The molecule has 0 amide bonds. The number of hydrogen-bond donors (Lipinski definition) is 1. The van der Waals surface area contributed by atoms with Crippen molar-refractivity contribution < 1.29 is 0 Å². The maximum Gasteiger partial charge on any atom is 0.188 e. The van der Waals surface area contributed by atoms with Crippen LogP contribution in [0.1, 0.15) is 49.6 Å². The minimum Gasteiger partial charge on any atom is -0.316 e. The molecule has 4 heteroatoms. The van der Waals surface area contributed by atoms with Crippen LogP contribution in [0.5, 0.6) is 0 Å². The zero-order valence-corrected chi connectivity index (χ0v) is 13.6. The fourth-order valence-electron chi connectivity index (χ4n) is 1.82. The molecule has 0 aromatic carbocycles. The fourth-order valence-corrected chi connectivity index (χ4v) is 2.65. The van der Waals surface area contributed by atoms with Gasteiger partial charge < -0.3 is 5.32 Å². The molecule has 108 valence electrons. The van der Waals surface area contributed by atoms with Crippen LogP contribution in [0.25, 0.3) is 0 Å². The third-order valence-electron chi connectivity index (χ3n) is 3.33. The van der Waals surface area contributed by atoms with Crippen molar-refractivity contribution in [2.75, 3.05) is 18.8 Å². The van der Waals surface area contributed by atoms with Crippen molar-refractivity contribution in [2.45, 2.75) is 58.5 Å². The molecule has 0 saturated heterocycles. The van der Waals surface area contributed by atoms with Crippen LogP contribution in [0.4, 0.5) is 0 Å². The summed E-state index contributed by atoms with van der Waals surface area (Å²) < 4.78 is 0. The Kier molecular flexibility index (Phi) is 8.07. The molecule has 0 aliphatic carbocycles. The number of nitrogens with zero attached hydrogens (tertiary/aromatic N) is 2. The van der Waals surface area contributed by atoms with E-state index >= 15 is 0 Å². The van der Waals surface area contributed by atoms with E-state index in [1.54, 1.807) is 11.8 Å². The fraction of sp³-hybridized carbons (Fsp3) is 0.733. The van der Waals surface area contributed by atoms with Gasteiger partial charge in [-0.05, 0) is 39.3 Å². The van der Waals surface area contributed by atoms with Gasteiger partial charge in [0.1, 0.15) is 0 Å². The van der Waals surface area contributed by atoms with Crippen LogP contribution in [-0.4, -0.2) is 28.8 Å². The van der Waals surface area contributed by atoms with Gasteiger partial charge in [0.25, 0.3) is 0 Å². The van der Waals surface area contributed by atoms with Gasteiger partial charge in [-0.15, -0.1) is 0 Å². The molecular formula is C15H27N3S. The summed E-state index contributed by atoms with van der Waals surface area (Å²) in [5, 5.41) is 4.39. The van der Waals surface area contributed by atoms with Crippen LogP contribution in [0.2, 0.25) is 0 Å². The normalized spacial score (nSPS) is 10.9. The van der Waals surface area contributed by atoms with Gasteiger partial charge in [0.05, 0.1) is 0 Å². The SMILES string of the molecule is CCCCCCNCCSc1nc(C)c(C)c(C)n1. The number of hydrogen-bond acceptors (Lipinski definition) is 4. The number of unbranched alkanes of at least 4 members (excludes halogenated alkanes) is 3. The minimum atomic E-state index is 0.911. The highest BCUT2D eigenvalue weighted by atomic mass is 32.2. The Labute approximate surface area is 122 Å². The van der Waals surface area contributed by atoms with Gasteiger partial charge in [-0.25, -0.2) is 9.97 Å². The molecule has 0 radical (unpaired) electrons. The second kappa shape index (κ2) is 9.32. The lowest BCUT2D eigenvalue weighted by Gasteiger charge is -2.07. The highest BCUT2D eigenvalue weighted by Crippen LogP contribution is 2.16. The van der Waals surface area contributed by atoms with E-state index in [1.807, 2.05) is 0 Å². The summed E-state index contributed by atoms with van der Waals surface area (Å²) in [4.78, 5) is 9.03. The maximum absolute atomic E-state index is 4.52. The molecule has 3 nitrogen and oxygen atoms in total. The Morgan fingerprint density at radius 1 is 0.947 bits per heavy atom. The lowest BCUT2D eigenvalue weighted by Crippen LogP contribution is -2.18. The van der Waals surface area contributed by atoms with Crippen molar-refractivity contribution in [3.63, 3.8) is 0 Å². The van der Waals surface area contributed by atoms with E-state index in [2.05, 4.69) is 43.0 Å². The first-order valence-electron chi connectivity index (χ1n) is 7.30.